The number of carbonyl (C=O) groups excluding carboxylic acids is 1. The molecule has 1 fully saturated rings. The highest BCUT2D eigenvalue weighted by atomic mass is 35.5. The molecule has 1 heterocycles. The number of halogens is 1. The summed E-state index contributed by atoms with van der Waals surface area (Å²) in [7, 11) is 0. The van der Waals surface area contributed by atoms with E-state index in [1.807, 2.05) is 48.2 Å². The molecule has 0 atom stereocenters. The van der Waals surface area contributed by atoms with Gasteiger partial charge in [-0.1, -0.05) is 35.9 Å². The van der Waals surface area contributed by atoms with Gasteiger partial charge in [0.15, 0.2) is 0 Å². The van der Waals surface area contributed by atoms with Crippen molar-refractivity contribution in [2.75, 3.05) is 18.5 Å². The number of thioether (sulfide) groups is 1. The molecule has 5 heteroatoms. The fraction of sp³-hybridized carbons (Fsp3) is 0.381. The van der Waals surface area contributed by atoms with Gasteiger partial charge in [-0.25, -0.2) is 0 Å². The third-order valence-corrected chi connectivity index (χ3v) is 6.11. The Morgan fingerprint density at radius 3 is 2.65 bits per heavy atom. The van der Waals surface area contributed by atoms with Crippen molar-refractivity contribution in [3.05, 3.63) is 64.7 Å². The van der Waals surface area contributed by atoms with Gasteiger partial charge in [0, 0.05) is 41.3 Å². The van der Waals surface area contributed by atoms with Crippen molar-refractivity contribution in [1.82, 2.24) is 0 Å². The summed E-state index contributed by atoms with van der Waals surface area (Å²) >= 11 is 7.87. The van der Waals surface area contributed by atoms with Gasteiger partial charge in [-0.2, -0.15) is 11.8 Å². The lowest BCUT2D eigenvalue weighted by molar-refractivity contribution is -0.116. The van der Waals surface area contributed by atoms with E-state index < -0.39 is 0 Å². The first-order valence-electron chi connectivity index (χ1n) is 9.01. The quantitative estimate of drug-likeness (QED) is 0.696. The van der Waals surface area contributed by atoms with Crippen molar-refractivity contribution >= 4 is 35.0 Å². The maximum absolute atomic E-state index is 12.2. The van der Waals surface area contributed by atoms with Crippen molar-refractivity contribution in [3.63, 3.8) is 0 Å². The molecule has 3 nitrogen and oxygen atoms in total. The van der Waals surface area contributed by atoms with E-state index in [-0.39, 0.29) is 5.91 Å². The Labute approximate surface area is 164 Å². The average Bonchev–Trinajstić information content (AvgIpc) is 2.67. The van der Waals surface area contributed by atoms with Gasteiger partial charge < -0.3 is 10.1 Å². The number of ether oxygens (including phenoxy) is 1. The number of hydrogen-bond donors (Lipinski definition) is 1. The standard InChI is InChI=1S/C21H24ClNO2S/c22-18-7-4-16(5-8-18)6-9-21(24)23-19-3-1-2-17(14-19)15-26-20-10-12-25-13-11-20/h1-5,7-8,14,20H,6,9-13,15H2,(H,23,24). The van der Waals surface area contributed by atoms with E-state index in [4.69, 9.17) is 16.3 Å². The summed E-state index contributed by atoms with van der Waals surface area (Å²) in [5.74, 6) is 1.01. The molecule has 3 rings (SSSR count). The Balaban J connectivity index is 1.46. The Kier molecular flexibility index (Phi) is 7.42. The Bertz CT molecular complexity index is 714. The first-order valence-corrected chi connectivity index (χ1v) is 10.4. The molecule has 2 aromatic carbocycles. The molecule has 0 bridgehead atoms. The zero-order chi connectivity index (χ0) is 18.2. The van der Waals surface area contributed by atoms with Gasteiger partial charge in [0.05, 0.1) is 0 Å². The molecule has 0 spiro atoms. The van der Waals surface area contributed by atoms with Crippen LogP contribution in [0.15, 0.2) is 48.5 Å². The third-order valence-electron chi connectivity index (χ3n) is 4.42. The van der Waals surface area contributed by atoms with E-state index in [0.717, 1.165) is 43.1 Å². The maximum Gasteiger partial charge on any atom is 0.224 e. The first-order chi connectivity index (χ1) is 12.7. The highest BCUT2D eigenvalue weighted by Crippen LogP contribution is 2.26. The van der Waals surface area contributed by atoms with Crippen molar-refractivity contribution in [3.8, 4) is 0 Å². The molecule has 1 amide bonds. The average molecular weight is 390 g/mol. The number of aryl methyl sites for hydroxylation is 1. The zero-order valence-corrected chi connectivity index (χ0v) is 16.3. The molecular formula is C21H24ClNO2S. The first kappa shape index (κ1) is 19.3. The van der Waals surface area contributed by atoms with Crippen LogP contribution in [0.25, 0.3) is 0 Å². The van der Waals surface area contributed by atoms with Crippen molar-refractivity contribution in [2.45, 2.75) is 36.7 Å². The van der Waals surface area contributed by atoms with Crippen molar-refractivity contribution in [2.24, 2.45) is 0 Å². The summed E-state index contributed by atoms with van der Waals surface area (Å²) in [6, 6.07) is 15.8. The lowest BCUT2D eigenvalue weighted by atomic mass is 10.1. The van der Waals surface area contributed by atoms with E-state index in [9.17, 15) is 4.79 Å². The molecule has 2 aromatic rings. The molecule has 0 radical (unpaired) electrons. The van der Waals surface area contributed by atoms with Gasteiger partial charge >= 0.3 is 0 Å². The fourth-order valence-corrected chi connectivity index (χ4v) is 4.19. The second-order valence-electron chi connectivity index (χ2n) is 6.50. The van der Waals surface area contributed by atoms with Crippen LogP contribution in [-0.4, -0.2) is 24.4 Å². The third kappa shape index (κ3) is 6.35. The van der Waals surface area contributed by atoms with Crippen LogP contribution in [0.2, 0.25) is 5.02 Å². The minimum absolute atomic E-state index is 0.0363. The van der Waals surface area contributed by atoms with Crippen molar-refractivity contribution < 1.29 is 9.53 Å². The van der Waals surface area contributed by atoms with Crippen LogP contribution >= 0.6 is 23.4 Å². The second-order valence-corrected chi connectivity index (χ2v) is 8.22. The second kappa shape index (κ2) is 10.0. The van der Waals surface area contributed by atoms with Gasteiger partial charge in [0.25, 0.3) is 0 Å². The summed E-state index contributed by atoms with van der Waals surface area (Å²) in [6.07, 6.45) is 3.43. The summed E-state index contributed by atoms with van der Waals surface area (Å²) in [5.41, 5.74) is 3.24. The van der Waals surface area contributed by atoms with E-state index in [1.54, 1.807) is 0 Å². The molecule has 138 valence electrons. The fourth-order valence-electron chi connectivity index (χ4n) is 2.93. The van der Waals surface area contributed by atoms with Crippen LogP contribution in [0.3, 0.4) is 0 Å². The highest BCUT2D eigenvalue weighted by Gasteiger charge is 2.14. The van der Waals surface area contributed by atoms with Crippen LogP contribution in [0, 0.1) is 0 Å². The maximum atomic E-state index is 12.2. The summed E-state index contributed by atoms with van der Waals surface area (Å²) in [4.78, 5) is 12.2. The molecule has 0 aliphatic carbocycles. The number of nitrogens with one attached hydrogen (secondary N) is 1. The molecular weight excluding hydrogens is 366 g/mol. The monoisotopic (exact) mass is 389 g/mol. The molecule has 0 saturated carbocycles. The normalized spacial score (nSPS) is 15.0. The minimum Gasteiger partial charge on any atom is -0.381 e. The number of amides is 1. The summed E-state index contributed by atoms with van der Waals surface area (Å²) in [5, 5.41) is 4.41. The molecule has 1 aliphatic rings. The zero-order valence-electron chi connectivity index (χ0n) is 14.7. The summed E-state index contributed by atoms with van der Waals surface area (Å²) < 4.78 is 5.41. The molecule has 1 N–H and O–H groups in total. The number of rotatable bonds is 7. The van der Waals surface area contributed by atoms with Crippen LogP contribution in [0.1, 0.15) is 30.4 Å². The highest BCUT2D eigenvalue weighted by molar-refractivity contribution is 7.99. The number of carbonyl (C=O) groups is 1. The van der Waals surface area contributed by atoms with Crippen LogP contribution < -0.4 is 5.32 Å². The van der Waals surface area contributed by atoms with Gasteiger partial charge in [-0.05, 0) is 54.7 Å². The Morgan fingerprint density at radius 1 is 1.12 bits per heavy atom. The molecule has 26 heavy (non-hydrogen) atoms. The Hall–Kier alpha value is -1.49. The lowest BCUT2D eigenvalue weighted by Gasteiger charge is -2.21. The molecule has 1 aliphatic heterocycles. The van der Waals surface area contributed by atoms with E-state index in [2.05, 4.69) is 17.4 Å². The SMILES string of the molecule is O=C(CCc1ccc(Cl)cc1)Nc1cccc(CSC2CCOCC2)c1. The van der Waals surface area contributed by atoms with Crippen LogP contribution in [-0.2, 0) is 21.7 Å². The lowest BCUT2D eigenvalue weighted by Crippen LogP contribution is -2.17. The topological polar surface area (TPSA) is 38.3 Å². The largest absolute Gasteiger partial charge is 0.381 e. The van der Waals surface area contributed by atoms with Gasteiger partial charge in [0.2, 0.25) is 5.91 Å². The van der Waals surface area contributed by atoms with Gasteiger partial charge in [0.1, 0.15) is 0 Å². The van der Waals surface area contributed by atoms with E-state index in [1.165, 1.54) is 5.56 Å². The summed E-state index contributed by atoms with van der Waals surface area (Å²) in [6.45, 7) is 1.75. The predicted molar refractivity (Wildman–Crippen MR) is 110 cm³/mol. The van der Waals surface area contributed by atoms with Crippen LogP contribution in [0.4, 0.5) is 5.69 Å². The van der Waals surface area contributed by atoms with Crippen LogP contribution in [0.5, 0.6) is 0 Å². The van der Waals surface area contributed by atoms with Crippen molar-refractivity contribution in [1.29, 1.82) is 0 Å². The molecule has 1 saturated heterocycles. The number of anilines is 1. The number of hydrogen-bond acceptors (Lipinski definition) is 3. The predicted octanol–water partition coefficient (Wildman–Crippen LogP) is 5.32. The minimum atomic E-state index is 0.0363. The Morgan fingerprint density at radius 2 is 1.88 bits per heavy atom. The number of benzene rings is 2. The molecule has 0 aromatic heterocycles. The van der Waals surface area contributed by atoms with Gasteiger partial charge in [-0.15, -0.1) is 0 Å². The smallest absolute Gasteiger partial charge is 0.224 e. The van der Waals surface area contributed by atoms with E-state index in [0.29, 0.717) is 23.1 Å². The van der Waals surface area contributed by atoms with Gasteiger partial charge in [-0.3, -0.25) is 4.79 Å². The van der Waals surface area contributed by atoms with E-state index >= 15 is 0 Å². The molecule has 0 unspecified atom stereocenters.